The van der Waals surface area contributed by atoms with Crippen molar-refractivity contribution in [3.8, 4) is 33.4 Å². The Hall–Kier alpha value is -3.26. The number of methoxy groups -OCH3 is 1. The monoisotopic (exact) mass is 381 g/mol. The van der Waals surface area contributed by atoms with Gasteiger partial charge in [-0.25, -0.2) is 0 Å². The van der Waals surface area contributed by atoms with Gasteiger partial charge in [0.2, 0.25) is 11.8 Å². The number of hydrogen-bond donors (Lipinski definition) is 0. The van der Waals surface area contributed by atoms with Gasteiger partial charge < -0.3 is 18.9 Å². The zero-order valence-electron chi connectivity index (χ0n) is 14.4. The fraction of sp³-hybridized carbons (Fsp3) is 0.158. The van der Waals surface area contributed by atoms with Crippen LogP contribution in [0.2, 0.25) is 0 Å². The first-order valence-electron chi connectivity index (χ1n) is 8.30. The number of hydrogen-bond acceptors (Lipinski definition) is 7. The largest absolute Gasteiger partial charge is 0.497 e. The summed E-state index contributed by atoms with van der Waals surface area (Å²) in [6.07, 6.45) is 2.03. The van der Waals surface area contributed by atoms with Crippen molar-refractivity contribution >= 4 is 16.3 Å². The second kappa shape index (κ2) is 6.48. The van der Waals surface area contributed by atoms with Gasteiger partial charge in [0.25, 0.3) is 0 Å². The van der Waals surface area contributed by atoms with E-state index in [0.29, 0.717) is 18.1 Å². The standard InChI is InChI=1S/C19H15N3O4S/c1-23-13-4-2-12(3-5-13)17-9-22-18(20-21-19(22)27-17)10-24-14-6-7-15-16(8-14)26-11-25-15/h2-9H,10-11H2,1H3. The summed E-state index contributed by atoms with van der Waals surface area (Å²) in [6.45, 7) is 0.548. The van der Waals surface area contributed by atoms with E-state index in [4.69, 9.17) is 18.9 Å². The van der Waals surface area contributed by atoms with E-state index in [9.17, 15) is 0 Å². The normalized spacial score (nSPS) is 12.5. The van der Waals surface area contributed by atoms with Crippen molar-refractivity contribution in [3.63, 3.8) is 0 Å². The lowest BCUT2D eigenvalue weighted by molar-refractivity contribution is 0.173. The highest BCUT2D eigenvalue weighted by Crippen LogP contribution is 2.35. The average molecular weight is 381 g/mol. The average Bonchev–Trinajstić information content (AvgIpc) is 3.42. The highest BCUT2D eigenvalue weighted by atomic mass is 32.1. The molecule has 0 bridgehead atoms. The van der Waals surface area contributed by atoms with Crippen LogP contribution in [0, 0.1) is 0 Å². The van der Waals surface area contributed by atoms with Crippen LogP contribution in [0.5, 0.6) is 23.0 Å². The molecule has 0 spiro atoms. The molecule has 3 heterocycles. The molecule has 0 fully saturated rings. The minimum absolute atomic E-state index is 0.243. The Bertz CT molecular complexity index is 1100. The molecule has 4 aromatic rings. The zero-order chi connectivity index (χ0) is 18.2. The van der Waals surface area contributed by atoms with Gasteiger partial charge >= 0.3 is 0 Å². The van der Waals surface area contributed by atoms with Gasteiger partial charge in [-0.05, 0) is 42.0 Å². The van der Waals surface area contributed by atoms with Gasteiger partial charge in [-0.2, -0.15) is 0 Å². The Labute approximate surface area is 158 Å². The lowest BCUT2D eigenvalue weighted by atomic mass is 10.2. The van der Waals surface area contributed by atoms with Gasteiger partial charge in [0, 0.05) is 12.3 Å². The Morgan fingerprint density at radius 1 is 1.04 bits per heavy atom. The van der Waals surface area contributed by atoms with E-state index in [1.54, 1.807) is 18.4 Å². The molecule has 0 N–H and O–H groups in total. The number of aromatic nitrogens is 3. The van der Waals surface area contributed by atoms with Crippen molar-refractivity contribution < 1.29 is 18.9 Å². The van der Waals surface area contributed by atoms with E-state index in [-0.39, 0.29) is 6.79 Å². The van der Waals surface area contributed by atoms with Crippen LogP contribution in [0.15, 0.2) is 48.7 Å². The van der Waals surface area contributed by atoms with Gasteiger partial charge in [-0.15, -0.1) is 10.2 Å². The minimum Gasteiger partial charge on any atom is -0.497 e. The fourth-order valence-electron chi connectivity index (χ4n) is 2.85. The van der Waals surface area contributed by atoms with Crippen LogP contribution in [-0.4, -0.2) is 28.5 Å². The molecule has 0 saturated heterocycles. The minimum atomic E-state index is 0.243. The third-order valence-electron chi connectivity index (χ3n) is 4.27. The van der Waals surface area contributed by atoms with Crippen molar-refractivity contribution in [1.29, 1.82) is 0 Å². The van der Waals surface area contributed by atoms with Crippen LogP contribution in [0.3, 0.4) is 0 Å². The molecule has 2 aromatic carbocycles. The summed E-state index contributed by atoms with van der Waals surface area (Å²) in [4.78, 5) is 1.93. The number of benzene rings is 2. The third kappa shape index (κ3) is 2.93. The molecule has 0 aliphatic carbocycles. The lowest BCUT2D eigenvalue weighted by Crippen LogP contribution is -2.00. The van der Waals surface area contributed by atoms with Crippen molar-refractivity contribution in [2.45, 2.75) is 6.61 Å². The first-order valence-corrected chi connectivity index (χ1v) is 9.12. The van der Waals surface area contributed by atoms with Crippen molar-refractivity contribution in [3.05, 3.63) is 54.5 Å². The zero-order valence-corrected chi connectivity index (χ0v) is 15.2. The Balaban J connectivity index is 1.37. The van der Waals surface area contributed by atoms with Gasteiger partial charge in [-0.1, -0.05) is 11.3 Å². The van der Waals surface area contributed by atoms with Crippen LogP contribution < -0.4 is 18.9 Å². The van der Waals surface area contributed by atoms with Crippen LogP contribution in [0.4, 0.5) is 0 Å². The van der Waals surface area contributed by atoms with Crippen LogP contribution in [0.1, 0.15) is 5.82 Å². The topological polar surface area (TPSA) is 67.1 Å². The summed E-state index contributed by atoms with van der Waals surface area (Å²) < 4.78 is 23.7. The van der Waals surface area contributed by atoms with E-state index in [1.807, 2.05) is 53.1 Å². The Morgan fingerprint density at radius 2 is 1.85 bits per heavy atom. The molecule has 1 aliphatic heterocycles. The molecule has 5 rings (SSSR count). The highest BCUT2D eigenvalue weighted by molar-refractivity contribution is 7.20. The summed E-state index contributed by atoms with van der Waals surface area (Å²) in [5.41, 5.74) is 1.11. The molecular weight excluding hydrogens is 366 g/mol. The van der Waals surface area contributed by atoms with E-state index in [2.05, 4.69) is 10.2 Å². The van der Waals surface area contributed by atoms with E-state index in [0.717, 1.165) is 32.7 Å². The quantitative estimate of drug-likeness (QED) is 0.524. The molecule has 0 amide bonds. The predicted molar refractivity (Wildman–Crippen MR) is 99.7 cm³/mol. The van der Waals surface area contributed by atoms with E-state index >= 15 is 0 Å². The van der Waals surface area contributed by atoms with Gasteiger partial charge in [-0.3, -0.25) is 4.40 Å². The smallest absolute Gasteiger partial charge is 0.231 e. The molecule has 0 radical (unpaired) electrons. The molecule has 27 heavy (non-hydrogen) atoms. The van der Waals surface area contributed by atoms with Crippen LogP contribution >= 0.6 is 11.3 Å². The molecule has 136 valence electrons. The molecular formula is C19H15N3O4S. The molecule has 0 atom stereocenters. The number of thiazole rings is 1. The maximum atomic E-state index is 5.86. The maximum Gasteiger partial charge on any atom is 0.231 e. The second-order valence-corrected chi connectivity index (χ2v) is 6.91. The SMILES string of the molecule is COc1ccc(-c2cn3c(COc4ccc5c(c4)OCO5)nnc3s2)cc1. The first kappa shape index (κ1) is 16.0. The highest BCUT2D eigenvalue weighted by Gasteiger charge is 2.15. The van der Waals surface area contributed by atoms with Crippen LogP contribution in [-0.2, 0) is 6.61 Å². The molecule has 0 unspecified atom stereocenters. The Kier molecular flexibility index (Phi) is 3.83. The molecule has 8 heteroatoms. The summed E-state index contributed by atoms with van der Waals surface area (Å²) in [5, 5.41) is 8.48. The number of ether oxygens (including phenoxy) is 4. The van der Waals surface area contributed by atoms with Gasteiger partial charge in [0.15, 0.2) is 17.3 Å². The van der Waals surface area contributed by atoms with Crippen LogP contribution in [0.25, 0.3) is 15.4 Å². The number of fused-ring (bicyclic) bond motifs is 2. The summed E-state index contributed by atoms with van der Waals surface area (Å²) in [5.74, 6) is 3.69. The van der Waals surface area contributed by atoms with Gasteiger partial charge in [0.05, 0.1) is 12.0 Å². The maximum absolute atomic E-state index is 5.86. The molecule has 7 nitrogen and oxygen atoms in total. The Morgan fingerprint density at radius 3 is 2.70 bits per heavy atom. The molecule has 0 saturated carbocycles. The van der Waals surface area contributed by atoms with Crippen molar-refractivity contribution in [2.24, 2.45) is 0 Å². The molecule has 2 aromatic heterocycles. The van der Waals surface area contributed by atoms with Crippen molar-refractivity contribution in [1.82, 2.24) is 14.6 Å². The summed E-state index contributed by atoms with van der Waals surface area (Å²) in [6, 6.07) is 13.4. The lowest BCUT2D eigenvalue weighted by Gasteiger charge is -2.05. The van der Waals surface area contributed by atoms with E-state index < -0.39 is 0 Å². The number of rotatable bonds is 5. The first-order chi connectivity index (χ1) is 13.3. The van der Waals surface area contributed by atoms with Crippen molar-refractivity contribution in [2.75, 3.05) is 13.9 Å². The van der Waals surface area contributed by atoms with Gasteiger partial charge in [0.1, 0.15) is 18.1 Å². The predicted octanol–water partition coefficient (Wildman–Crippen LogP) is 3.77. The molecule has 1 aliphatic rings. The third-order valence-corrected chi connectivity index (χ3v) is 5.29. The summed E-state index contributed by atoms with van der Waals surface area (Å²) >= 11 is 1.58. The van der Waals surface area contributed by atoms with E-state index in [1.165, 1.54) is 0 Å². The summed E-state index contributed by atoms with van der Waals surface area (Å²) in [7, 11) is 1.66. The second-order valence-electron chi connectivity index (χ2n) is 5.90. The fourth-order valence-corrected chi connectivity index (χ4v) is 3.80. The number of nitrogens with zero attached hydrogens (tertiary/aromatic N) is 3.